The highest BCUT2D eigenvalue weighted by atomic mass is 14.9. The largest absolute Gasteiger partial charge is 0.386 e. The molecule has 0 amide bonds. The van der Waals surface area contributed by atoms with Crippen molar-refractivity contribution in [1.29, 1.82) is 0 Å². The van der Waals surface area contributed by atoms with Crippen molar-refractivity contribution in [2.45, 2.75) is 103 Å². The van der Waals surface area contributed by atoms with Crippen molar-refractivity contribution < 1.29 is 0 Å². The third kappa shape index (κ3) is 6.78. The van der Waals surface area contributed by atoms with Crippen molar-refractivity contribution in [3.63, 3.8) is 0 Å². The van der Waals surface area contributed by atoms with E-state index in [0.717, 1.165) is 17.8 Å². The molecule has 1 aromatic carbocycles. The van der Waals surface area contributed by atoms with Crippen molar-refractivity contribution in [2.75, 3.05) is 12.4 Å². The molecule has 0 bridgehead atoms. The molecular weight excluding hydrogens is 424 g/mol. The van der Waals surface area contributed by atoms with Gasteiger partial charge in [-0.2, -0.15) is 0 Å². The average molecular weight is 479 g/mol. The Kier molecular flexibility index (Phi) is 10.8. The van der Waals surface area contributed by atoms with Crippen LogP contribution in [0.5, 0.6) is 0 Å². The summed E-state index contributed by atoms with van der Waals surface area (Å²) in [5, 5.41) is 3.48. The Morgan fingerprint density at radius 1 is 0.914 bits per heavy atom. The van der Waals surface area contributed by atoms with Crippen LogP contribution < -0.4 is 5.32 Å². The molecule has 0 radical (unpaired) electrons. The molecule has 0 saturated heterocycles. The van der Waals surface area contributed by atoms with Gasteiger partial charge in [-0.25, -0.2) is 0 Å². The third-order valence-electron chi connectivity index (χ3n) is 9.21. The van der Waals surface area contributed by atoms with Crippen molar-refractivity contribution >= 4 is 29.2 Å². The molecule has 2 unspecified atom stereocenters. The molecule has 2 atom stereocenters. The third-order valence-corrected chi connectivity index (χ3v) is 9.21. The molecule has 0 heterocycles. The lowest BCUT2D eigenvalue weighted by Gasteiger charge is -2.34. The highest BCUT2D eigenvalue weighted by molar-refractivity contribution is 5.94. The standard InChI is InChI=1S/C33H54N2/c1-16-32(10,11)24(6)19-18-21(3)28-25(7)26(8)29(31(35-15)30(28)34-14)23(5)20-22(4)27(9)33(12,13)17-2/h18-20,22,27,35H,14,16-17H2,1-13,15H3/b21-18+,23-20?,24-19?. The molecule has 0 aliphatic carbocycles. The highest BCUT2D eigenvalue weighted by Gasteiger charge is 2.28. The lowest BCUT2D eigenvalue weighted by atomic mass is 9.71. The van der Waals surface area contributed by atoms with Crippen LogP contribution in [0.1, 0.15) is 111 Å². The van der Waals surface area contributed by atoms with E-state index >= 15 is 0 Å². The van der Waals surface area contributed by atoms with E-state index in [2.05, 4.69) is 125 Å². The maximum Gasteiger partial charge on any atom is 0.0937 e. The van der Waals surface area contributed by atoms with Gasteiger partial charge in [-0.05, 0) is 92.7 Å². The number of hydrogen-bond acceptors (Lipinski definition) is 2. The summed E-state index contributed by atoms with van der Waals surface area (Å²) in [5.74, 6) is 1.07. The second-order valence-electron chi connectivity index (χ2n) is 11.9. The smallest absolute Gasteiger partial charge is 0.0937 e. The van der Waals surface area contributed by atoms with E-state index in [0.29, 0.717) is 17.3 Å². The Balaban J connectivity index is 3.75. The van der Waals surface area contributed by atoms with Crippen LogP contribution in [-0.4, -0.2) is 13.8 Å². The van der Waals surface area contributed by atoms with Crippen molar-refractivity contribution in [3.05, 3.63) is 46.1 Å². The van der Waals surface area contributed by atoms with Crippen LogP contribution in [0.3, 0.4) is 0 Å². The van der Waals surface area contributed by atoms with E-state index in [1.165, 1.54) is 45.4 Å². The number of nitrogens with one attached hydrogen (secondary N) is 1. The molecule has 1 aromatic rings. The fourth-order valence-electron chi connectivity index (χ4n) is 4.85. The minimum absolute atomic E-state index is 0.198. The first-order valence-electron chi connectivity index (χ1n) is 13.5. The van der Waals surface area contributed by atoms with Crippen molar-refractivity contribution in [2.24, 2.45) is 27.7 Å². The van der Waals surface area contributed by atoms with Gasteiger partial charge in [0.2, 0.25) is 0 Å². The number of aliphatic imine (C=N–C) groups is 1. The second kappa shape index (κ2) is 12.2. The number of rotatable bonds is 11. The Labute approximate surface area is 218 Å². The maximum atomic E-state index is 4.56. The summed E-state index contributed by atoms with van der Waals surface area (Å²) < 4.78 is 0. The number of nitrogens with zero attached hydrogens (tertiary/aromatic N) is 1. The number of allylic oxidation sites excluding steroid dienone is 6. The van der Waals surface area contributed by atoms with Gasteiger partial charge in [0, 0.05) is 18.2 Å². The molecule has 35 heavy (non-hydrogen) atoms. The first-order chi connectivity index (χ1) is 16.1. The van der Waals surface area contributed by atoms with Gasteiger partial charge in [0.05, 0.1) is 11.4 Å². The number of anilines is 1. The van der Waals surface area contributed by atoms with E-state index < -0.39 is 0 Å². The molecule has 0 saturated carbocycles. The molecular formula is C33H54N2. The van der Waals surface area contributed by atoms with E-state index in [1.54, 1.807) is 0 Å². The van der Waals surface area contributed by atoms with Crippen LogP contribution in [0.4, 0.5) is 11.4 Å². The Morgan fingerprint density at radius 3 is 1.91 bits per heavy atom. The summed E-state index contributed by atoms with van der Waals surface area (Å²) in [6, 6.07) is 0. The van der Waals surface area contributed by atoms with Crippen molar-refractivity contribution in [3.8, 4) is 0 Å². The van der Waals surface area contributed by atoms with Gasteiger partial charge in [0.15, 0.2) is 0 Å². The maximum absolute atomic E-state index is 4.56. The quantitative estimate of drug-likeness (QED) is 0.248. The minimum Gasteiger partial charge on any atom is -0.386 e. The van der Waals surface area contributed by atoms with E-state index in [9.17, 15) is 0 Å². The topological polar surface area (TPSA) is 24.4 Å². The molecule has 0 aliphatic rings. The first-order valence-corrected chi connectivity index (χ1v) is 13.5. The summed E-state index contributed by atoms with van der Waals surface area (Å²) in [4.78, 5) is 4.56. The average Bonchev–Trinajstić information content (AvgIpc) is 2.82. The van der Waals surface area contributed by atoms with Crippen LogP contribution in [0.2, 0.25) is 0 Å². The summed E-state index contributed by atoms with van der Waals surface area (Å²) in [6.07, 6.45) is 9.29. The van der Waals surface area contributed by atoms with Crippen molar-refractivity contribution in [1.82, 2.24) is 0 Å². The summed E-state index contributed by atoms with van der Waals surface area (Å²) in [6.45, 7) is 33.8. The fourth-order valence-corrected chi connectivity index (χ4v) is 4.85. The zero-order chi connectivity index (χ0) is 27.3. The monoisotopic (exact) mass is 478 g/mol. The minimum atomic E-state index is 0.198. The summed E-state index contributed by atoms with van der Waals surface area (Å²) >= 11 is 0. The fraction of sp³-hybridized carbons (Fsp3) is 0.606. The first kappa shape index (κ1) is 30.9. The van der Waals surface area contributed by atoms with Gasteiger partial charge in [0.1, 0.15) is 0 Å². The second-order valence-corrected chi connectivity index (χ2v) is 11.9. The molecule has 2 heteroatoms. The van der Waals surface area contributed by atoms with Crippen LogP contribution >= 0.6 is 0 Å². The van der Waals surface area contributed by atoms with E-state index in [1.807, 2.05) is 7.05 Å². The molecule has 1 rings (SSSR count). The predicted molar refractivity (Wildman–Crippen MR) is 162 cm³/mol. The van der Waals surface area contributed by atoms with Gasteiger partial charge in [-0.3, -0.25) is 4.99 Å². The molecule has 0 aliphatic heterocycles. The lowest BCUT2D eigenvalue weighted by molar-refractivity contribution is 0.182. The molecule has 2 nitrogen and oxygen atoms in total. The summed E-state index contributed by atoms with van der Waals surface area (Å²) in [7, 11) is 2.00. The predicted octanol–water partition coefficient (Wildman–Crippen LogP) is 10.6. The van der Waals surface area contributed by atoms with Gasteiger partial charge in [-0.1, -0.05) is 85.6 Å². The molecule has 1 N–H and O–H groups in total. The van der Waals surface area contributed by atoms with Crippen LogP contribution in [0.25, 0.3) is 11.1 Å². The van der Waals surface area contributed by atoms with Crippen LogP contribution in [0, 0.1) is 36.5 Å². The summed E-state index contributed by atoms with van der Waals surface area (Å²) in [5.41, 5.74) is 11.5. The lowest BCUT2D eigenvalue weighted by Crippen LogP contribution is -2.25. The number of hydrogen-bond donors (Lipinski definition) is 1. The van der Waals surface area contributed by atoms with Gasteiger partial charge in [0.25, 0.3) is 0 Å². The molecule has 0 spiro atoms. The van der Waals surface area contributed by atoms with E-state index in [4.69, 9.17) is 0 Å². The van der Waals surface area contributed by atoms with Gasteiger partial charge in [-0.15, -0.1) is 0 Å². The Hall–Kier alpha value is -2.09. The van der Waals surface area contributed by atoms with Gasteiger partial charge >= 0.3 is 0 Å². The zero-order valence-electron chi connectivity index (χ0n) is 25.5. The van der Waals surface area contributed by atoms with E-state index in [-0.39, 0.29) is 5.41 Å². The zero-order valence-corrected chi connectivity index (χ0v) is 25.5. The van der Waals surface area contributed by atoms with Crippen LogP contribution in [-0.2, 0) is 0 Å². The van der Waals surface area contributed by atoms with Gasteiger partial charge < -0.3 is 5.32 Å². The molecule has 196 valence electrons. The van der Waals surface area contributed by atoms with Crippen LogP contribution in [0.15, 0.2) is 28.8 Å². The SMILES string of the molecule is C=Nc1c(NC)c(C(C)=CC(C)C(C)C(C)(C)CC)c(C)c(C)c1/C(C)=C/C=C(C)C(C)(C)CC. The normalized spacial score (nSPS) is 15.8. The molecule has 0 aromatic heterocycles. The molecule has 0 fully saturated rings. The highest BCUT2D eigenvalue weighted by Crippen LogP contribution is 2.45. The Morgan fingerprint density at radius 2 is 1.46 bits per heavy atom. The number of benzene rings is 1. The Bertz CT molecular complexity index is 999.